The molecule has 3 rings (SSSR count). The molecule has 1 saturated carbocycles. The van der Waals surface area contributed by atoms with E-state index in [4.69, 9.17) is 0 Å². The van der Waals surface area contributed by atoms with Crippen molar-refractivity contribution in [1.82, 2.24) is 10.3 Å². The maximum atomic E-state index is 13.1. The zero-order valence-corrected chi connectivity index (χ0v) is 10.9. The van der Waals surface area contributed by atoms with Gasteiger partial charge in [0, 0.05) is 18.0 Å². The van der Waals surface area contributed by atoms with E-state index in [1.54, 1.807) is 12.1 Å². The second-order valence-corrected chi connectivity index (χ2v) is 5.20. The van der Waals surface area contributed by atoms with Crippen molar-refractivity contribution >= 4 is 16.8 Å². The average Bonchev–Trinajstić information content (AvgIpc) is 3.20. The second kappa shape index (κ2) is 5.07. The Labute approximate surface area is 115 Å². The largest absolute Gasteiger partial charge is 0.353 e. The number of aromatic amines is 1. The number of rotatable bonds is 4. The van der Waals surface area contributed by atoms with Gasteiger partial charge >= 0.3 is 0 Å². The third kappa shape index (κ3) is 2.87. The lowest BCUT2D eigenvalue weighted by Crippen LogP contribution is -2.26. The summed E-state index contributed by atoms with van der Waals surface area (Å²) in [5.41, 5.74) is 0.763. The van der Waals surface area contributed by atoms with Crippen LogP contribution in [0.4, 0.5) is 4.39 Å². The van der Waals surface area contributed by atoms with Crippen LogP contribution in [0.2, 0.25) is 0 Å². The molecule has 0 bridgehead atoms. The summed E-state index contributed by atoms with van der Waals surface area (Å²) in [6.45, 7) is 0. The minimum Gasteiger partial charge on any atom is -0.353 e. The number of carbonyl (C=O) groups excluding carboxylic acids is 1. The molecule has 1 amide bonds. The van der Waals surface area contributed by atoms with E-state index in [-0.39, 0.29) is 17.3 Å². The molecule has 1 aromatic carbocycles. The summed E-state index contributed by atoms with van der Waals surface area (Å²) in [4.78, 5) is 26.1. The molecule has 4 nitrogen and oxygen atoms in total. The number of H-pyrrole nitrogens is 1. The zero-order valence-electron chi connectivity index (χ0n) is 10.9. The van der Waals surface area contributed by atoms with Gasteiger partial charge in [0.15, 0.2) is 0 Å². The summed E-state index contributed by atoms with van der Waals surface area (Å²) in [7, 11) is 0. The number of nitrogens with one attached hydrogen (secondary N) is 2. The van der Waals surface area contributed by atoms with Crippen LogP contribution in [-0.4, -0.2) is 16.9 Å². The molecule has 1 heterocycles. The number of carbonyl (C=O) groups is 1. The van der Waals surface area contributed by atoms with Gasteiger partial charge in [-0.2, -0.15) is 0 Å². The van der Waals surface area contributed by atoms with Crippen molar-refractivity contribution < 1.29 is 9.18 Å². The highest BCUT2D eigenvalue weighted by Gasteiger charge is 2.22. The first-order chi connectivity index (χ1) is 9.61. The maximum Gasteiger partial charge on any atom is 0.251 e. The van der Waals surface area contributed by atoms with E-state index in [0.29, 0.717) is 30.0 Å². The highest BCUT2D eigenvalue weighted by molar-refractivity contribution is 5.79. The number of hydrogen-bond donors (Lipinski definition) is 2. The van der Waals surface area contributed by atoms with Gasteiger partial charge in [-0.05, 0) is 48.9 Å². The molecule has 1 fully saturated rings. The van der Waals surface area contributed by atoms with Crippen molar-refractivity contribution in [3.63, 3.8) is 0 Å². The number of aromatic nitrogens is 1. The molecule has 1 aliphatic rings. The summed E-state index contributed by atoms with van der Waals surface area (Å²) in [6.07, 6.45) is 2.79. The minimum atomic E-state index is -0.385. The summed E-state index contributed by atoms with van der Waals surface area (Å²) in [5, 5.41) is 3.65. The molecule has 5 heteroatoms. The van der Waals surface area contributed by atoms with Crippen LogP contribution in [0.1, 0.15) is 24.8 Å². The molecule has 0 aliphatic heterocycles. The molecule has 0 atom stereocenters. The molecular weight excluding hydrogens is 259 g/mol. The topological polar surface area (TPSA) is 62.0 Å². The molecule has 0 spiro atoms. The van der Waals surface area contributed by atoms with Gasteiger partial charge in [0.25, 0.3) is 5.56 Å². The Morgan fingerprint density at radius 1 is 1.35 bits per heavy atom. The normalized spacial score (nSPS) is 14.4. The van der Waals surface area contributed by atoms with Gasteiger partial charge in [0.2, 0.25) is 5.91 Å². The lowest BCUT2D eigenvalue weighted by atomic mass is 10.1. The van der Waals surface area contributed by atoms with Gasteiger partial charge < -0.3 is 10.3 Å². The van der Waals surface area contributed by atoms with Crippen molar-refractivity contribution in [2.75, 3.05) is 0 Å². The van der Waals surface area contributed by atoms with Gasteiger partial charge in [-0.1, -0.05) is 0 Å². The van der Waals surface area contributed by atoms with E-state index >= 15 is 0 Å². The quantitative estimate of drug-likeness (QED) is 0.894. The van der Waals surface area contributed by atoms with Crippen LogP contribution in [0.25, 0.3) is 10.9 Å². The minimum absolute atomic E-state index is 0.0221. The van der Waals surface area contributed by atoms with Gasteiger partial charge in [-0.15, -0.1) is 0 Å². The number of halogens is 1. The first kappa shape index (κ1) is 12.8. The number of hydrogen-bond acceptors (Lipinski definition) is 2. The monoisotopic (exact) mass is 274 g/mol. The van der Waals surface area contributed by atoms with Crippen molar-refractivity contribution in [2.24, 2.45) is 0 Å². The third-order valence-electron chi connectivity index (χ3n) is 3.45. The van der Waals surface area contributed by atoms with E-state index < -0.39 is 0 Å². The Morgan fingerprint density at radius 3 is 2.90 bits per heavy atom. The van der Waals surface area contributed by atoms with Gasteiger partial charge in [-0.25, -0.2) is 4.39 Å². The van der Waals surface area contributed by atoms with Crippen LogP contribution in [0.3, 0.4) is 0 Å². The molecule has 20 heavy (non-hydrogen) atoms. The van der Waals surface area contributed by atoms with Crippen LogP contribution in [-0.2, 0) is 11.2 Å². The van der Waals surface area contributed by atoms with Crippen LogP contribution in [0, 0.1) is 5.82 Å². The fourth-order valence-corrected chi connectivity index (χ4v) is 2.18. The molecule has 1 aliphatic carbocycles. The Morgan fingerprint density at radius 2 is 2.15 bits per heavy atom. The van der Waals surface area contributed by atoms with E-state index in [1.807, 2.05) is 0 Å². The lowest BCUT2D eigenvalue weighted by molar-refractivity contribution is -0.121. The van der Waals surface area contributed by atoms with E-state index in [2.05, 4.69) is 10.3 Å². The highest BCUT2D eigenvalue weighted by atomic mass is 19.1. The van der Waals surface area contributed by atoms with Crippen molar-refractivity contribution in [1.29, 1.82) is 0 Å². The fraction of sp³-hybridized carbons (Fsp3) is 0.333. The first-order valence-corrected chi connectivity index (χ1v) is 6.72. The second-order valence-electron chi connectivity index (χ2n) is 5.20. The van der Waals surface area contributed by atoms with Gasteiger partial charge in [-0.3, -0.25) is 9.59 Å². The lowest BCUT2D eigenvalue weighted by Gasteiger charge is -2.04. The smallest absolute Gasteiger partial charge is 0.251 e. The van der Waals surface area contributed by atoms with Gasteiger partial charge in [0.05, 0.1) is 5.52 Å². The predicted molar refractivity (Wildman–Crippen MR) is 74.0 cm³/mol. The molecular formula is C15H15FN2O2. The Kier molecular flexibility index (Phi) is 3.26. The number of amides is 1. The summed E-state index contributed by atoms with van der Waals surface area (Å²) in [5.74, 6) is -0.407. The zero-order chi connectivity index (χ0) is 14.1. The van der Waals surface area contributed by atoms with Crippen LogP contribution in [0.15, 0.2) is 29.1 Å². The Hall–Kier alpha value is -2.17. The van der Waals surface area contributed by atoms with E-state index in [1.165, 1.54) is 12.1 Å². The third-order valence-corrected chi connectivity index (χ3v) is 3.45. The highest BCUT2D eigenvalue weighted by Crippen LogP contribution is 2.19. The SMILES string of the molecule is O=C(CCc1cc2ccc(F)cc2[nH]c1=O)NC1CC1. The summed E-state index contributed by atoms with van der Waals surface area (Å²) in [6, 6.07) is 6.32. The van der Waals surface area contributed by atoms with Crippen molar-refractivity contribution in [2.45, 2.75) is 31.7 Å². The molecule has 2 aromatic rings. The first-order valence-electron chi connectivity index (χ1n) is 6.72. The standard InChI is InChI=1S/C15H15FN2O2/c16-11-3-1-9-7-10(15(20)18-13(9)8-11)2-6-14(19)17-12-4-5-12/h1,3,7-8,12H,2,4-6H2,(H,17,19)(H,18,20). The molecule has 0 radical (unpaired) electrons. The fourth-order valence-electron chi connectivity index (χ4n) is 2.18. The van der Waals surface area contributed by atoms with Crippen molar-refractivity contribution in [3.8, 4) is 0 Å². The van der Waals surface area contributed by atoms with Crippen molar-refractivity contribution in [3.05, 3.63) is 46.0 Å². The van der Waals surface area contributed by atoms with E-state index in [9.17, 15) is 14.0 Å². The predicted octanol–water partition coefficient (Wildman–Crippen LogP) is 1.88. The van der Waals surface area contributed by atoms with Crippen LogP contribution in [0.5, 0.6) is 0 Å². The van der Waals surface area contributed by atoms with Crippen LogP contribution >= 0.6 is 0 Å². The number of pyridine rings is 1. The summed E-state index contributed by atoms with van der Waals surface area (Å²) < 4.78 is 13.1. The summed E-state index contributed by atoms with van der Waals surface area (Å²) >= 11 is 0. The molecule has 1 aromatic heterocycles. The van der Waals surface area contributed by atoms with E-state index in [0.717, 1.165) is 18.2 Å². The van der Waals surface area contributed by atoms with Gasteiger partial charge in [0.1, 0.15) is 5.82 Å². The van der Waals surface area contributed by atoms with Crippen LogP contribution < -0.4 is 10.9 Å². The maximum absolute atomic E-state index is 13.1. The average molecular weight is 274 g/mol. The molecule has 104 valence electrons. The Balaban J connectivity index is 1.76. The number of fused-ring (bicyclic) bond motifs is 1. The molecule has 2 N–H and O–H groups in total. The molecule has 0 unspecified atom stereocenters. The Bertz CT molecular complexity index is 719. The number of aryl methyl sites for hydroxylation is 1. The number of benzene rings is 1. The molecule has 0 saturated heterocycles.